The molecule has 0 aromatic rings. The summed E-state index contributed by atoms with van der Waals surface area (Å²) >= 11 is 0. The average molecular weight is 201 g/mol. The topological polar surface area (TPSA) is 55.5 Å². The largest absolute Gasteiger partial charge is 0.396 e. The van der Waals surface area contributed by atoms with E-state index < -0.39 is 0 Å². The van der Waals surface area contributed by atoms with Crippen molar-refractivity contribution in [1.29, 1.82) is 0 Å². The van der Waals surface area contributed by atoms with Gasteiger partial charge in [0.25, 0.3) is 0 Å². The Bertz CT molecular complexity index is 182. The van der Waals surface area contributed by atoms with E-state index in [0.717, 1.165) is 6.42 Å². The molecule has 1 aliphatic rings. The van der Waals surface area contributed by atoms with Crippen LogP contribution in [0.1, 0.15) is 39.5 Å². The summed E-state index contributed by atoms with van der Waals surface area (Å²) in [6.07, 6.45) is 4.15. The number of rotatable bonds is 5. The van der Waals surface area contributed by atoms with Crippen molar-refractivity contribution >= 4 is 0 Å². The first kappa shape index (κ1) is 12.0. The third-order valence-corrected chi connectivity index (χ3v) is 3.63. The van der Waals surface area contributed by atoms with Crippen LogP contribution < -0.4 is 5.73 Å². The van der Waals surface area contributed by atoms with E-state index >= 15 is 0 Å². The van der Waals surface area contributed by atoms with Crippen LogP contribution in [0.5, 0.6) is 0 Å². The summed E-state index contributed by atoms with van der Waals surface area (Å²) in [5.74, 6) is 0. The number of ether oxygens (including phenoxy) is 1. The van der Waals surface area contributed by atoms with Gasteiger partial charge in [0.05, 0.1) is 5.60 Å². The summed E-state index contributed by atoms with van der Waals surface area (Å²) in [4.78, 5) is 0. The first-order chi connectivity index (χ1) is 6.58. The van der Waals surface area contributed by atoms with Crippen molar-refractivity contribution in [2.24, 2.45) is 11.1 Å². The van der Waals surface area contributed by atoms with Gasteiger partial charge in [-0.05, 0) is 31.1 Å². The second-order valence-electron chi connectivity index (χ2n) is 4.86. The molecule has 0 aliphatic heterocycles. The molecule has 0 aromatic heterocycles. The molecule has 3 N–H and O–H groups in total. The van der Waals surface area contributed by atoms with Crippen LogP contribution in [-0.4, -0.2) is 30.5 Å². The van der Waals surface area contributed by atoms with E-state index in [0.29, 0.717) is 19.6 Å². The molecule has 1 aliphatic carbocycles. The predicted molar refractivity (Wildman–Crippen MR) is 57.1 cm³/mol. The Balaban J connectivity index is 2.56. The smallest absolute Gasteiger partial charge is 0.0854 e. The van der Waals surface area contributed by atoms with Crippen molar-refractivity contribution in [3.63, 3.8) is 0 Å². The van der Waals surface area contributed by atoms with Gasteiger partial charge in [0.1, 0.15) is 0 Å². The maximum Gasteiger partial charge on any atom is 0.0854 e. The molecule has 1 unspecified atom stereocenters. The molecule has 0 bridgehead atoms. The monoisotopic (exact) mass is 201 g/mol. The van der Waals surface area contributed by atoms with Gasteiger partial charge in [0.15, 0.2) is 0 Å². The van der Waals surface area contributed by atoms with Gasteiger partial charge in [-0.2, -0.15) is 0 Å². The Kier molecular flexibility index (Phi) is 3.93. The second-order valence-corrected chi connectivity index (χ2v) is 4.86. The molecular weight excluding hydrogens is 178 g/mol. The van der Waals surface area contributed by atoms with Crippen molar-refractivity contribution in [1.82, 2.24) is 0 Å². The summed E-state index contributed by atoms with van der Waals surface area (Å²) in [7, 11) is 0. The summed E-state index contributed by atoms with van der Waals surface area (Å²) in [6.45, 7) is 5.86. The van der Waals surface area contributed by atoms with E-state index in [-0.39, 0.29) is 17.6 Å². The summed E-state index contributed by atoms with van der Waals surface area (Å²) in [5, 5.41) is 8.72. The van der Waals surface area contributed by atoms with Gasteiger partial charge in [-0.3, -0.25) is 0 Å². The molecule has 14 heavy (non-hydrogen) atoms. The van der Waals surface area contributed by atoms with Gasteiger partial charge in [-0.25, -0.2) is 0 Å². The first-order valence-electron chi connectivity index (χ1n) is 5.53. The standard InChI is InChI=1S/C11H23NO2/c1-10(2)5-3-6-11(10,9-12)14-8-4-7-13/h13H,3-9,12H2,1-2H3. The molecule has 0 saturated heterocycles. The molecule has 1 atom stereocenters. The van der Waals surface area contributed by atoms with Crippen molar-refractivity contribution in [2.45, 2.75) is 45.1 Å². The van der Waals surface area contributed by atoms with Gasteiger partial charge in [-0.1, -0.05) is 13.8 Å². The highest BCUT2D eigenvalue weighted by Crippen LogP contribution is 2.47. The van der Waals surface area contributed by atoms with Crippen molar-refractivity contribution in [2.75, 3.05) is 19.8 Å². The fourth-order valence-electron chi connectivity index (χ4n) is 2.42. The lowest BCUT2D eigenvalue weighted by Gasteiger charge is -2.40. The third-order valence-electron chi connectivity index (χ3n) is 3.63. The van der Waals surface area contributed by atoms with Gasteiger partial charge in [-0.15, -0.1) is 0 Å². The van der Waals surface area contributed by atoms with Crippen LogP contribution in [0.2, 0.25) is 0 Å². The van der Waals surface area contributed by atoms with Gasteiger partial charge in [0, 0.05) is 19.8 Å². The molecule has 1 rings (SSSR count). The van der Waals surface area contributed by atoms with E-state index in [1.54, 1.807) is 0 Å². The molecule has 0 aromatic carbocycles. The Morgan fingerprint density at radius 3 is 2.50 bits per heavy atom. The maximum atomic E-state index is 8.72. The molecule has 0 heterocycles. The Hall–Kier alpha value is -0.120. The molecule has 3 heteroatoms. The van der Waals surface area contributed by atoms with E-state index in [2.05, 4.69) is 13.8 Å². The predicted octanol–water partition coefficient (Wildman–Crippen LogP) is 1.29. The van der Waals surface area contributed by atoms with Crippen LogP contribution in [0.3, 0.4) is 0 Å². The van der Waals surface area contributed by atoms with E-state index in [1.165, 1.54) is 12.8 Å². The molecule has 3 nitrogen and oxygen atoms in total. The first-order valence-corrected chi connectivity index (χ1v) is 5.53. The minimum Gasteiger partial charge on any atom is -0.396 e. The normalized spacial score (nSPS) is 30.9. The van der Waals surface area contributed by atoms with Crippen LogP contribution in [-0.2, 0) is 4.74 Å². The Morgan fingerprint density at radius 1 is 1.36 bits per heavy atom. The highest BCUT2D eigenvalue weighted by Gasteiger charge is 2.48. The van der Waals surface area contributed by atoms with E-state index in [9.17, 15) is 0 Å². The van der Waals surface area contributed by atoms with Gasteiger partial charge < -0.3 is 15.6 Å². The lowest BCUT2D eigenvalue weighted by molar-refractivity contribution is -0.101. The van der Waals surface area contributed by atoms with Gasteiger partial charge >= 0.3 is 0 Å². The maximum absolute atomic E-state index is 8.72. The van der Waals surface area contributed by atoms with Crippen LogP contribution in [0.4, 0.5) is 0 Å². The molecular formula is C11H23NO2. The summed E-state index contributed by atoms with van der Waals surface area (Å²) in [5.41, 5.74) is 5.87. The van der Waals surface area contributed by atoms with Crippen LogP contribution in [0.25, 0.3) is 0 Å². The third kappa shape index (κ3) is 2.10. The minimum absolute atomic E-state index is 0.151. The fourth-order valence-corrected chi connectivity index (χ4v) is 2.42. The quantitative estimate of drug-likeness (QED) is 0.659. The zero-order valence-corrected chi connectivity index (χ0v) is 9.38. The van der Waals surface area contributed by atoms with Crippen molar-refractivity contribution in [3.05, 3.63) is 0 Å². The highest BCUT2D eigenvalue weighted by atomic mass is 16.5. The molecule has 1 saturated carbocycles. The van der Waals surface area contributed by atoms with Crippen LogP contribution in [0.15, 0.2) is 0 Å². The van der Waals surface area contributed by atoms with E-state index in [1.807, 2.05) is 0 Å². The molecule has 84 valence electrons. The SMILES string of the molecule is CC1(C)CCCC1(CN)OCCCO. The van der Waals surface area contributed by atoms with Crippen LogP contribution in [0, 0.1) is 5.41 Å². The van der Waals surface area contributed by atoms with Gasteiger partial charge in [0.2, 0.25) is 0 Å². The number of nitrogens with two attached hydrogens (primary N) is 1. The zero-order valence-electron chi connectivity index (χ0n) is 9.38. The van der Waals surface area contributed by atoms with Crippen molar-refractivity contribution < 1.29 is 9.84 Å². The summed E-state index contributed by atoms with van der Waals surface area (Å²) < 4.78 is 5.91. The number of hydrogen-bond donors (Lipinski definition) is 2. The lowest BCUT2D eigenvalue weighted by atomic mass is 9.77. The van der Waals surface area contributed by atoms with Crippen molar-refractivity contribution in [3.8, 4) is 0 Å². The zero-order chi connectivity index (χ0) is 10.7. The Morgan fingerprint density at radius 2 is 2.07 bits per heavy atom. The Labute approximate surface area is 86.6 Å². The van der Waals surface area contributed by atoms with E-state index in [4.69, 9.17) is 15.6 Å². The fraction of sp³-hybridized carbons (Fsp3) is 1.00. The molecule has 0 radical (unpaired) electrons. The summed E-state index contributed by atoms with van der Waals surface area (Å²) in [6, 6.07) is 0. The highest BCUT2D eigenvalue weighted by molar-refractivity contribution is 5.01. The number of aliphatic hydroxyl groups excluding tert-OH is 1. The average Bonchev–Trinajstić information content (AvgIpc) is 2.43. The lowest BCUT2D eigenvalue weighted by Crippen LogP contribution is -2.49. The molecule has 0 amide bonds. The minimum atomic E-state index is -0.151. The number of aliphatic hydroxyl groups is 1. The molecule has 1 fully saturated rings. The van der Waals surface area contributed by atoms with Crippen LogP contribution >= 0.6 is 0 Å². The molecule has 0 spiro atoms. The second kappa shape index (κ2) is 4.60. The number of hydrogen-bond acceptors (Lipinski definition) is 3.